The molecule has 4 heterocycles. The number of thiophene rings is 1. The summed E-state index contributed by atoms with van der Waals surface area (Å²) in [5.41, 5.74) is 6.14. The second-order valence-corrected chi connectivity index (χ2v) is 8.01. The predicted molar refractivity (Wildman–Crippen MR) is 113 cm³/mol. The fraction of sp³-hybridized carbons (Fsp3) is 0.182. The lowest BCUT2D eigenvalue weighted by molar-refractivity contribution is 0.0685. The highest BCUT2D eigenvalue weighted by molar-refractivity contribution is 7.13. The van der Waals surface area contributed by atoms with Crippen LogP contribution in [0.3, 0.4) is 0 Å². The number of carbonyl (C=O) groups is 1. The van der Waals surface area contributed by atoms with Gasteiger partial charge in [-0.25, -0.2) is 4.79 Å². The van der Waals surface area contributed by atoms with Crippen molar-refractivity contribution >= 4 is 17.3 Å². The first-order chi connectivity index (χ1) is 14.1. The Labute approximate surface area is 171 Å². The molecule has 0 bridgehead atoms. The Kier molecular flexibility index (Phi) is 4.06. The molecule has 0 unspecified atom stereocenters. The Bertz CT molecular complexity index is 1230. The molecule has 146 valence electrons. The van der Waals surface area contributed by atoms with Crippen LogP contribution in [0.25, 0.3) is 33.0 Å². The molecule has 4 aromatic rings. The number of rotatable bonds is 4. The average Bonchev–Trinajstić information content (AvgIpc) is 3.45. The predicted octanol–water partition coefficient (Wildman–Crippen LogP) is 4.55. The van der Waals surface area contributed by atoms with Crippen LogP contribution in [0, 0.1) is 0 Å². The van der Waals surface area contributed by atoms with E-state index in [1.165, 1.54) is 0 Å². The van der Waals surface area contributed by atoms with Crippen LogP contribution in [0.5, 0.6) is 5.75 Å². The Morgan fingerprint density at radius 2 is 2.07 bits per heavy atom. The molecule has 29 heavy (non-hydrogen) atoms. The Morgan fingerprint density at radius 3 is 2.72 bits per heavy atom. The largest absolute Gasteiger partial charge is 0.496 e. The van der Waals surface area contributed by atoms with Crippen molar-refractivity contribution in [2.75, 3.05) is 7.11 Å². The zero-order valence-corrected chi connectivity index (χ0v) is 16.9. The van der Waals surface area contributed by atoms with Crippen molar-refractivity contribution in [1.29, 1.82) is 0 Å². The monoisotopic (exact) mass is 405 g/mol. The van der Waals surface area contributed by atoms with Crippen molar-refractivity contribution in [1.82, 2.24) is 14.3 Å². The van der Waals surface area contributed by atoms with E-state index in [2.05, 4.69) is 17.2 Å². The Hall–Kier alpha value is -3.32. The van der Waals surface area contributed by atoms with Crippen LogP contribution in [-0.2, 0) is 20.0 Å². The number of aromatic nitrogens is 3. The van der Waals surface area contributed by atoms with E-state index in [0.717, 1.165) is 50.7 Å². The van der Waals surface area contributed by atoms with E-state index in [-0.39, 0.29) is 0 Å². The van der Waals surface area contributed by atoms with E-state index < -0.39 is 5.97 Å². The molecule has 5 rings (SSSR count). The van der Waals surface area contributed by atoms with Crippen molar-refractivity contribution in [2.24, 2.45) is 7.05 Å². The van der Waals surface area contributed by atoms with Crippen LogP contribution in [0.1, 0.15) is 16.1 Å². The minimum Gasteiger partial charge on any atom is -0.496 e. The van der Waals surface area contributed by atoms with Gasteiger partial charge in [0.15, 0.2) is 0 Å². The van der Waals surface area contributed by atoms with Crippen molar-refractivity contribution in [3.05, 3.63) is 59.2 Å². The third-order valence-electron chi connectivity index (χ3n) is 5.38. The first-order valence-electron chi connectivity index (χ1n) is 9.29. The van der Waals surface area contributed by atoms with Crippen LogP contribution in [0.4, 0.5) is 0 Å². The normalized spacial score (nSPS) is 12.5. The smallest absolute Gasteiger partial charge is 0.352 e. The molecule has 0 radical (unpaired) electrons. The fourth-order valence-electron chi connectivity index (χ4n) is 4.08. The van der Waals surface area contributed by atoms with E-state index in [1.807, 2.05) is 41.4 Å². The molecule has 1 aromatic carbocycles. The van der Waals surface area contributed by atoms with Crippen LogP contribution in [0.2, 0.25) is 0 Å². The number of carboxylic acids is 1. The molecule has 1 aliphatic heterocycles. The second-order valence-electron chi connectivity index (χ2n) is 7.06. The lowest BCUT2D eigenvalue weighted by atomic mass is 9.92. The molecular formula is C22H19N3O3S. The van der Waals surface area contributed by atoms with Crippen LogP contribution >= 0.6 is 11.3 Å². The fourth-order valence-corrected chi connectivity index (χ4v) is 4.82. The zero-order valence-electron chi connectivity index (χ0n) is 16.0. The Balaban J connectivity index is 1.80. The molecule has 0 saturated carbocycles. The first-order valence-corrected chi connectivity index (χ1v) is 10.2. The van der Waals surface area contributed by atoms with Gasteiger partial charge in [-0.05, 0) is 47.7 Å². The van der Waals surface area contributed by atoms with Gasteiger partial charge < -0.3 is 14.4 Å². The van der Waals surface area contributed by atoms with Gasteiger partial charge >= 0.3 is 5.97 Å². The molecule has 0 fully saturated rings. The topological polar surface area (TPSA) is 69.3 Å². The van der Waals surface area contributed by atoms with E-state index in [0.29, 0.717) is 12.2 Å². The number of hydrogen-bond acceptors (Lipinski definition) is 4. The zero-order chi connectivity index (χ0) is 20.1. The van der Waals surface area contributed by atoms with Gasteiger partial charge in [0, 0.05) is 41.4 Å². The summed E-state index contributed by atoms with van der Waals surface area (Å²) >= 11 is 1.61. The standard InChI is InChI=1S/C22H19N3O3S/c1-24-7-6-17(23-24)15-11-14-13(10-19(15)28-2)5-8-25-18(22(26)27)12-16(21(14)25)20-4-3-9-29-20/h3-4,6-7,9-12H,5,8H2,1-2H3,(H,26,27). The number of nitrogens with zero attached hydrogens (tertiary/aromatic N) is 3. The van der Waals surface area contributed by atoms with Gasteiger partial charge in [-0.3, -0.25) is 4.68 Å². The van der Waals surface area contributed by atoms with Crippen molar-refractivity contribution in [3.8, 4) is 38.7 Å². The Morgan fingerprint density at radius 1 is 1.21 bits per heavy atom. The minimum absolute atomic E-state index is 0.323. The SMILES string of the molecule is COc1cc2c(cc1-c1ccn(C)n1)-c1c(-c3cccs3)cc(C(=O)O)n1CC2. The summed E-state index contributed by atoms with van der Waals surface area (Å²) in [5.74, 6) is -0.130. The molecule has 3 aromatic heterocycles. The maximum absolute atomic E-state index is 11.9. The first kappa shape index (κ1) is 17.8. The summed E-state index contributed by atoms with van der Waals surface area (Å²) in [7, 11) is 3.55. The molecule has 0 aliphatic carbocycles. The molecule has 1 aliphatic rings. The van der Waals surface area contributed by atoms with E-state index in [9.17, 15) is 9.90 Å². The quantitative estimate of drug-likeness (QED) is 0.541. The number of aromatic carboxylic acids is 1. The van der Waals surface area contributed by atoms with Gasteiger partial charge in [0.25, 0.3) is 0 Å². The summed E-state index contributed by atoms with van der Waals surface area (Å²) < 4.78 is 9.35. The number of fused-ring (bicyclic) bond motifs is 3. The summed E-state index contributed by atoms with van der Waals surface area (Å²) in [6.45, 7) is 0.626. The molecule has 6 nitrogen and oxygen atoms in total. The maximum Gasteiger partial charge on any atom is 0.352 e. The van der Waals surface area contributed by atoms with Gasteiger partial charge in [-0.1, -0.05) is 6.07 Å². The van der Waals surface area contributed by atoms with Crippen LogP contribution in [-0.4, -0.2) is 32.5 Å². The number of carboxylic acid groups (broad SMARTS) is 1. The number of hydrogen-bond donors (Lipinski definition) is 1. The van der Waals surface area contributed by atoms with Crippen LogP contribution < -0.4 is 4.74 Å². The number of aryl methyl sites for hydroxylation is 2. The van der Waals surface area contributed by atoms with E-state index in [4.69, 9.17) is 4.74 Å². The highest BCUT2D eigenvalue weighted by atomic mass is 32.1. The highest BCUT2D eigenvalue weighted by Gasteiger charge is 2.28. The maximum atomic E-state index is 11.9. The second kappa shape index (κ2) is 6.63. The summed E-state index contributed by atoms with van der Waals surface area (Å²) in [5, 5.41) is 16.3. The van der Waals surface area contributed by atoms with Gasteiger partial charge in [0.05, 0.1) is 18.5 Å². The van der Waals surface area contributed by atoms with E-state index >= 15 is 0 Å². The molecule has 7 heteroatoms. The average molecular weight is 405 g/mol. The van der Waals surface area contributed by atoms with E-state index in [1.54, 1.807) is 29.2 Å². The van der Waals surface area contributed by atoms with Gasteiger partial charge in [0.2, 0.25) is 0 Å². The third kappa shape index (κ3) is 2.77. The molecule has 0 spiro atoms. The highest BCUT2D eigenvalue weighted by Crippen LogP contribution is 2.45. The number of methoxy groups -OCH3 is 1. The van der Waals surface area contributed by atoms with Crippen molar-refractivity contribution < 1.29 is 14.6 Å². The van der Waals surface area contributed by atoms with Gasteiger partial charge in [0.1, 0.15) is 11.4 Å². The lowest BCUT2D eigenvalue weighted by Crippen LogP contribution is -2.16. The molecule has 0 saturated heterocycles. The third-order valence-corrected chi connectivity index (χ3v) is 6.28. The number of benzene rings is 1. The van der Waals surface area contributed by atoms with Gasteiger partial charge in [-0.2, -0.15) is 5.10 Å². The van der Waals surface area contributed by atoms with Crippen LogP contribution in [0.15, 0.2) is 48.0 Å². The lowest BCUT2D eigenvalue weighted by Gasteiger charge is -2.23. The number of ether oxygens (including phenoxy) is 1. The summed E-state index contributed by atoms with van der Waals surface area (Å²) in [6, 6.07) is 11.9. The molecular weight excluding hydrogens is 386 g/mol. The van der Waals surface area contributed by atoms with Crippen molar-refractivity contribution in [3.63, 3.8) is 0 Å². The molecule has 1 N–H and O–H groups in total. The van der Waals surface area contributed by atoms with Crippen molar-refractivity contribution in [2.45, 2.75) is 13.0 Å². The molecule has 0 atom stereocenters. The minimum atomic E-state index is -0.907. The summed E-state index contributed by atoms with van der Waals surface area (Å²) in [6.07, 6.45) is 2.65. The summed E-state index contributed by atoms with van der Waals surface area (Å²) in [4.78, 5) is 13.0. The van der Waals surface area contributed by atoms with Gasteiger partial charge in [-0.15, -0.1) is 11.3 Å². The molecule has 0 amide bonds.